The molecule has 1 N–H and O–H groups in total. The maximum Gasteiger partial charge on any atom is 0.119 e. The molecule has 0 spiro atoms. The highest BCUT2D eigenvalue weighted by Crippen LogP contribution is 2.22. The van der Waals surface area contributed by atoms with Gasteiger partial charge in [-0.05, 0) is 52.4 Å². The number of ether oxygens (including phenoxy) is 1. The largest absolute Gasteiger partial charge is 0.489 e. The van der Waals surface area contributed by atoms with Crippen LogP contribution in [0.2, 0.25) is 0 Å². The molecule has 0 fully saturated rings. The van der Waals surface area contributed by atoms with Gasteiger partial charge in [0.25, 0.3) is 0 Å². The lowest BCUT2D eigenvalue weighted by atomic mass is 10.0. The Labute approximate surface area is 143 Å². The third kappa shape index (κ3) is 4.03. The van der Waals surface area contributed by atoms with E-state index in [1.807, 2.05) is 42.5 Å². The maximum atomic E-state index is 9.14. The van der Waals surface area contributed by atoms with Gasteiger partial charge < -0.3 is 9.84 Å². The number of hydrogen-bond donors (Lipinski definition) is 1. The van der Waals surface area contributed by atoms with E-state index in [1.165, 1.54) is 5.56 Å². The molecular formula is C22H22O2. The zero-order valence-electron chi connectivity index (χ0n) is 13.9. The first-order valence-corrected chi connectivity index (χ1v) is 8.29. The van der Waals surface area contributed by atoms with Crippen molar-refractivity contribution in [3.8, 4) is 16.9 Å². The fraction of sp³-hybridized carbons (Fsp3) is 0.182. The van der Waals surface area contributed by atoms with Crippen LogP contribution in [-0.4, -0.2) is 5.11 Å². The topological polar surface area (TPSA) is 29.5 Å². The molecule has 0 saturated carbocycles. The predicted molar refractivity (Wildman–Crippen MR) is 98.0 cm³/mol. The number of rotatable bonds is 6. The molecule has 2 heteroatoms. The summed E-state index contributed by atoms with van der Waals surface area (Å²) in [6, 6.07) is 24.6. The summed E-state index contributed by atoms with van der Waals surface area (Å²) in [5, 5.41) is 9.14. The van der Waals surface area contributed by atoms with Gasteiger partial charge in [-0.25, -0.2) is 0 Å². The zero-order chi connectivity index (χ0) is 16.8. The van der Waals surface area contributed by atoms with Crippen LogP contribution in [-0.2, 0) is 19.6 Å². The first-order chi connectivity index (χ1) is 11.8. The molecule has 0 unspecified atom stereocenters. The minimum absolute atomic E-state index is 0.0744. The Morgan fingerprint density at radius 2 is 1.46 bits per heavy atom. The van der Waals surface area contributed by atoms with Crippen LogP contribution in [0.25, 0.3) is 11.1 Å². The maximum absolute atomic E-state index is 9.14. The second-order valence-electron chi connectivity index (χ2n) is 5.84. The zero-order valence-corrected chi connectivity index (χ0v) is 13.9. The number of benzene rings is 3. The summed E-state index contributed by atoms with van der Waals surface area (Å²) >= 11 is 0. The Kier molecular flexibility index (Phi) is 5.29. The van der Waals surface area contributed by atoms with E-state index < -0.39 is 0 Å². The molecule has 0 saturated heterocycles. The first kappa shape index (κ1) is 16.3. The van der Waals surface area contributed by atoms with Crippen molar-refractivity contribution < 1.29 is 9.84 Å². The average Bonchev–Trinajstić information content (AvgIpc) is 2.67. The molecule has 24 heavy (non-hydrogen) atoms. The van der Waals surface area contributed by atoms with Crippen molar-refractivity contribution in [2.24, 2.45) is 0 Å². The molecular weight excluding hydrogens is 296 g/mol. The van der Waals surface area contributed by atoms with Gasteiger partial charge >= 0.3 is 0 Å². The van der Waals surface area contributed by atoms with E-state index in [9.17, 15) is 0 Å². The summed E-state index contributed by atoms with van der Waals surface area (Å²) in [4.78, 5) is 0. The van der Waals surface area contributed by atoms with E-state index >= 15 is 0 Å². The molecule has 0 atom stereocenters. The number of aliphatic hydroxyl groups is 1. The van der Waals surface area contributed by atoms with E-state index in [1.54, 1.807) is 0 Å². The van der Waals surface area contributed by atoms with E-state index in [0.717, 1.165) is 34.4 Å². The molecule has 3 aromatic carbocycles. The fourth-order valence-corrected chi connectivity index (χ4v) is 2.63. The van der Waals surface area contributed by atoms with Crippen LogP contribution in [0.1, 0.15) is 23.6 Å². The van der Waals surface area contributed by atoms with E-state index in [4.69, 9.17) is 9.84 Å². The SMILES string of the molecule is CCc1ccc(OCc2cccc(-c3ccc(CO)cc3)c2)cc1. The summed E-state index contributed by atoms with van der Waals surface area (Å²) in [5.41, 5.74) is 5.67. The summed E-state index contributed by atoms with van der Waals surface area (Å²) < 4.78 is 5.89. The lowest BCUT2D eigenvalue weighted by molar-refractivity contribution is 0.282. The molecule has 122 valence electrons. The minimum Gasteiger partial charge on any atom is -0.489 e. The lowest BCUT2D eigenvalue weighted by Crippen LogP contribution is -1.96. The smallest absolute Gasteiger partial charge is 0.119 e. The van der Waals surface area contributed by atoms with Crippen molar-refractivity contribution in [1.82, 2.24) is 0 Å². The normalized spacial score (nSPS) is 10.6. The van der Waals surface area contributed by atoms with Gasteiger partial charge in [0.05, 0.1) is 6.61 Å². The van der Waals surface area contributed by atoms with Crippen LogP contribution in [0.4, 0.5) is 0 Å². The molecule has 2 nitrogen and oxygen atoms in total. The van der Waals surface area contributed by atoms with Crippen LogP contribution in [0.5, 0.6) is 5.75 Å². The monoisotopic (exact) mass is 318 g/mol. The van der Waals surface area contributed by atoms with E-state index in [2.05, 4.69) is 37.3 Å². The van der Waals surface area contributed by atoms with Gasteiger partial charge in [0.15, 0.2) is 0 Å². The molecule has 3 aromatic rings. The summed E-state index contributed by atoms with van der Waals surface area (Å²) in [6.07, 6.45) is 1.04. The Bertz CT molecular complexity index is 774. The molecule has 0 aliphatic heterocycles. The minimum atomic E-state index is 0.0744. The van der Waals surface area contributed by atoms with Crippen LogP contribution in [0.3, 0.4) is 0 Å². The molecule has 0 aliphatic carbocycles. The third-order valence-electron chi connectivity index (χ3n) is 4.13. The van der Waals surface area contributed by atoms with Crippen molar-refractivity contribution in [2.75, 3.05) is 0 Å². The van der Waals surface area contributed by atoms with Crippen molar-refractivity contribution >= 4 is 0 Å². The number of aryl methyl sites for hydroxylation is 1. The van der Waals surface area contributed by atoms with Gasteiger partial charge in [-0.3, -0.25) is 0 Å². The Balaban J connectivity index is 1.70. The Morgan fingerprint density at radius 1 is 0.750 bits per heavy atom. The molecule has 0 heterocycles. The highest BCUT2D eigenvalue weighted by atomic mass is 16.5. The molecule has 0 radical (unpaired) electrons. The van der Waals surface area contributed by atoms with Gasteiger partial charge in [0.2, 0.25) is 0 Å². The highest BCUT2D eigenvalue weighted by Gasteiger charge is 2.01. The van der Waals surface area contributed by atoms with Gasteiger partial charge in [-0.15, -0.1) is 0 Å². The van der Waals surface area contributed by atoms with Gasteiger partial charge in [0, 0.05) is 0 Å². The number of hydrogen-bond acceptors (Lipinski definition) is 2. The highest BCUT2D eigenvalue weighted by molar-refractivity contribution is 5.64. The van der Waals surface area contributed by atoms with Crippen molar-refractivity contribution in [1.29, 1.82) is 0 Å². The fourth-order valence-electron chi connectivity index (χ4n) is 2.63. The third-order valence-corrected chi connectivity index (χ3v) is 4.13. The quantitative estimate of drug-likeness (QED) is 0.694. The van der Waals surface area contributed by atoms with Crippen molar-refractivity contribution in [2.45, 2.75) is 26.6 Å². The van der Waals surface area contributed by atoms with Crippen molar-refractivity contribution in [3.63, 3.8) is 0 Å². The van der Waals surface area contributed by atoms with Crippen LogP contribution < -0.4 is 4.74 Å². The standard InChI is InChI=1S/C22H22O2/c1-2-17-8-12-22(13-9-17)24-16-19-4-3-5-21(14-19)20-10-6-18(15-23)7-11-20/h3-14,23H,2,15-16H2,1H3. The van der Waals surface area contributed by atoms with Gasteiger partial charge in [0.1, 0.15) is 12.4 Å². The summed E-state index contributed by atoms with van der Waals surface area (Å²) in [5.74, 6) is 0.893. The van der Waals surface area contributed by atoms with Gasteiger partial charge in [-0.2, -0.15) is 0 Å². The van der Waals surface area contributed by atoms with E-state index in [-0.39, 0.29) is 6.61 Å². The second kappa shape index (κ2) is 7.80. The second-order valence-corrected chi connectivity index (χ2v) is 5.84. The van der Waals surface area contributed by atoms with Gasteiger partial charge in [-0.1, -0.05) is 61.5 Å². The van der Waals surface area contributed by atoms with Crippen LogP contribution in [0.15, 0.2) is 72.8 Å². The first-order valence-electron chi connectivity index (χ1n) is 8.29. The Morgan fingerprint density at radius 3 is 2.12 bits per heavy atom. The van der Waals surface area contributed by atoms with Crippen LogP contribution >= 0.6 is 0 Å². The molecule has 0 bridgehead atoms. The summed E-state index contributed by atoms with van der Waals surface area (Å²) in [6.45, 7) is 2.77. The van der Waals surface area contributed by atoms with E-state index in [0.29, 0.717) is 6.61 Å². The molecule has 0 amide bonds. The molecule has 3 rings (SSSR count). The van der Waals surface area contributed by atoms with Crippen LogP contribution in [0, 0.1) is 0 Å². The van der Waals surface area contributed by atoms with Crippen molar-refractivity contribution in [3.05, 3.63) is 89.5 Å². The average molecular weight is 318 g/mol. The Hall–Kier alpha value is -2.58. The molecule has 0 aromatic heterocycles. The summed E-state index contributed by atoms with van der Waals surface area (Å²) in [7, 11) is 0. The predicted octanol–water partition coefficient (Wildman–Crippen LogP) is 4.99. The lowest BCUT2D eigenvalue weighted by Gasteiger charge is -2.09. The molecule has 0 aliphatic rings. The number of aliphatic hydroxyl groups excluding tert-OH is 1.